The normalized spacial score (nSPS) is 17.4. The highest BCUT2D eigenvalue weighted by Crippen LogP contribution is 2.39. The molecule has 110 valence electrons. The third-order valence-corrected chi connectivity index (χ3v) is 4.67. The van der Waals surface area contributed by atoms with Crippen molar-refractivity contribution < 1.29 is 4.74 Å². The molecule has 0 bridgehead atoms. The molecule has 1 aromatic heterocycles. The summed E-state index contributed by atoms with van der Waals surface area (Å²) in [6, 6.07) is 8.04. The van der Waals surface area contributed by atoms with Crippen LogP contribution in [0.1, 0.15) is 43.0 Å². The van der Waals surface area contributed by atoms with Gasteiger partial charge in [0.1, 0.15) is 11.6 Å². The molecule has 1 atom stereocenters. The van der Waals surface area contributed by atoms with E-state index in [-0.39, 0.29) is 6.10 Å². The van der Waals surface area contributed by atoms with E-state index in [2.05, 4.69) is 29.9 Å². The molecule has 1 aliphatic rings. The van der Waals surface area contributed by atoms with Gasteiger partial charge in [-0.1, -0.05) is 26.0 Å². The Morgan fingerprint density at radius 2 is 2.05 bits per heavy atom. The summed E-state index contributed by atoms with van der Waals surface area (Å²) in [7, 11) is 0. The number of hydrogen-bond acceptors (Lipinski definition) is 5. The van der Waals surface area contributed by atoms with Crippen LogP contribution in [0.4, 0.5) is 5.82 Å². The van der Waals surface area contributed by atoms with Gasteiger partial charge in [0.15, 0.2) is 11.9 Å². The summed E-state index contributed by atoms with van der Waals surface area (Å²) in [5, 5.41) is 0. The SMILES string of the molecule is Cc1nc(C2CSc3ccccc3O2)nc(N)c1C(C)C. The van der Waals surface area contributed by atoms with Crippen LogP contribution >= 0.6 is 11.8 Å². The van der Waals surface area contributed by atoms with Crippen LogP contribution in [0.3, 0.4) is 0 Å². The van der Waals surface area contributed by atoms with Crippen LogP contribution in [-0.4, -0.2) is 15.7 Å². The van der Waals surface area contributed by atoms with E-state index >= 15 is 0 Å². The first-order valence-electron chi connectivity index (χ1n) is 7.08. The van der Waals surface area contributed by atoms with Gasteiger partial charge in [0, 0.05) is 21.9 Å². The third kappa shape index (κ3) is 2.70. The van der Waals surface area contributed by atoms with Gasteiger partial charge in [0.25, 0.3) is 0 Å². The van der Waals surface area contributed by atoms with E-state index in [0.29, 0.717) is 17.6 Å². The van der Waals surface area contributed by atoms with Crippen molar-refractivity contribution in [3.63, 3.8) is 0 Å². The van der Waals surface area contributed by atoms with Gasteiger partial charge in [-0.05, 0) is 25.0 Å². The van der Waals surface area contributed by atoms with E-state index in [1.807, 2.05) is 25.1 Å². The fraction of sp³-hybridized carbons (Fsp3) is 0.375. The lowest BCUT2D eigenvalue weighted by Crippen LogP contribution is -2.20. The Morgan fingerprint density at radius 1 is 1.29 bits per heavy atom. The molecule has 4 nitrogen and oxygen atoms in total. The van der Waals surface area contributed by atoms with E-state index < -0.39 is 0 Å². The largest absolute Gasteiger partial charge is 0.480 e. The number of anilines is 1. The lowest BCUT2D eigenvalue weighted by Gasteiger charge is -2.25. The first-order chi connectivity index (χ1) is 10.1. The Labute approximate surface area is 129 Å². The molecular weight excluding hydrogens is 282 g/mol. The number of nitrogens with zero attached hydrogens (tertiary/aromatic N) is 2. The predicted octanol–water partition coefficient (Wildman–Crippen LogP) is 3.72. The average Bonchev–Trinajstić information content (AvgIpc) is 2.45. The molecule has 1 unspecified atom stereocenters. The number of para-hydroxylation sites is 1. The molecule has 2 heterocycles. The van der Waals surface area contributed by atoms with E-state index in [0.717, 1.165) is 27.7 Å². The predicted molar refractivity (Wildman–Crippen MR) is 85.8 cm³/mol. The maximum atomic E-state index is 6.11. The number of aromatic nitrogens is 2. The van der Waals surface area contributed by atoms with E-state index in [1.165, 1.54) is 0 Å². The van der Waals surface area contributed by atoms with Crippen LogP contribution in [0.25, 0.3) is 0 Å². The number of nitrogens with two attached hydrogens (primary N) is 1. The van der Waals surface area contributed by atoms with Crippen molar-refractivity contribution in [1.82, 2.24) is 9.97 Å². The molecule has 0 aliphatic carbocycles. The van der Waals surface area contributed by atoms with Crippen LogP contribution in [0.5, 0.6) is 5.75 Å². The second-order valence-electron chi connectivity index (χ2n) is 5.49. The van der Waals surface area contributed by atoms with Crippen LogP contribution in [-0.2, 0) is 0 Å². The number of benzene rings is 1. The first kappa shape index (κ1) is 14.2. The number of aryl methyl sites for hydroxylation is 1. The first-order valence-corrected chi connectivity index (χ1v) is 8.07. The Balaban J connectivity index is 1.92. The summed E-state index contributed by atoms with van der Waals surface area (Å²) in [6.45, 7) is 6.19. The van der Waals surface area contributed by atoms with Crippen LogP contribution in [0.15, 0.2) is 29.2 Å². The lowest BCUT2D eigenvalue weighted by atomic mass is 10.0. The molecule has 5 heteroatoms. The van der Waals surface area contributed by atoms with Crippen LogP contribution in [0, 0.1) is 6.92 Å². The van der Waals surface area contributed by atoms with Gasteiger partial charge >= 0.3 is 0 Å². The van der Waals surface area contributed by atoms with E-state index in [1.54, 1.807) is 11.8 Å². The minimum absolute atomic E-state index is 0.146. The highest BCUT2D eigenvalue weighted by molar-refractivity contribution is 7.99. The van der Waals surface area contributed by atoms with E-state index in [4.69, 9.17) is 10.5 Å². The minimum atomic E-state index is -0.146. The van der Waals surface area contributed by atoms with Gasteiger partial charge in [0.2, 0.25) is 0 Å². The topological polar surface area (TPSA) is 61.0 Å². The Morgan fingerprint density at radius 3 is 2.76 bits per heavy atom. The summed E-state index contributed by atoms with van der Waals surface area (Å²) in [5.74, 6) is 3.26. The smallest absolute Gasteiger partial charge is 0.172 e. The average molecular weight is 301 g/mol. The molecule has 21 heavy (non-hydrogen) atoms. The summed E-state index contributed by atoms with van der Waals surface area (Å²) in [6.07, 6.45) is -0.146. The Hall–Kier alpha value is -1.75. The fourth-order valence-electron chi connectivity index (χ4n) is 2.63. The maximum absolute atomic E-state index is 6.11. The molecular formula is C16H19N3OS. The number of hydrogen-bond donors (Lipinski definition) is 1. The number of fused-ring (bicyclic) bond motifs is 1. The van der Waals surface area contributed by atoms with Crippen LogP contribution in [0.2, 0.25) is 0 Å². The second-order valence-corrected chi connectivity index (χ2v) is 6.55. The molecule has 0 fully saturated rings. The fourth-order valence-corrected chi connectivity index (χ4v) is 3.61. The molecule has 1 aliphatic heterocycles. The molecule has 0 saturated heterocycles. The number of ether oxygens (including phenoxy) is 1. The zero-order chi connectivity index (χ0) is 15.0. The molecule has 3 rings (SSSR count). The minimum Gasteiger partial charge on any atom is -0.480 e. The zero-order valence-corrected chi connectivity index (χ0v) is 13.3. The molecule has 1 aromatic carbocycles. The maximum Gasteiger partial charge on any atom is 0.172 e. The van der Waals surface area contributed by atoms with Crippen LogP contribution < -0.4 is 10.5 Å². The summed E-state index contributed by atoms with van der Waals surface area (Å²) >= 11 is 1.77. The molecule has 2 N–H and O–H groups in total. The lowest BCUT2D eigenvalue weighted by molar-refractivity contribution is 0.210. The van der Waals surface area contributed by atoms with E-state index in [9.17, 15) is 0 Å². The second kappa shape index (κ2) is 5.56. The molecule has 2 aromatic rings. The van der Waals surface area contributed by atoms with Gasteiger partial charge in [-0.25, -0.2) is 9.97 Å². The van der Waals surface area contributed by atoms with Crippen molar-refractivity contribution in [3.8, 4) is 5.75 Å². The quantitative estimate of drug-likeness (QED) is 0.916. The number of nitrogen functional groups attached to an aromatic ring is 1. The Bertz CT molecular complexity index is 649. The van der Waals surface area contributed by atoms with Gasteiger partial charge in [-0.2, -0.15) is 0 Å². The van der Waals surface area contributed by atoms with Gasteiger partial charge in [-0.3, -0.25) is 0 Å². The number of thioether (sulfide) groups is 1. The van der Waals surface area contributed by atoms with Crippen molar-refractivity contribution >= 4 is 17.6 Å². The molecule has 0 spiro atoms. The van der Waals surface area contributed by atoms with Gasteiger partial charge in [0.05, 0.1) is 0 Å². The van der Waals surface area contributed by atoms with Crippen molar-refractivity contribution in [2.24, 2.45) is 0 Å². The summed E-state index contributed by atoms with van der Waals surface area (Å²) in [5.41, 5.74) is 8.09. The van der Waals surface area contributed by atoms with Crippen molar-refractivity contribution in [2.75, 3.05) is 11.5 Å². The summed E-state index contributed by atoms with van der Waals surface area (Å²) < 4.78 is 6.03. The number of rotatable bonds is 2. The zero-order valence-electron chi connectivity index (χ0n) is 12.5. The molecule has 0 amide bonds. The van der Waals surface area contributed by atoms with Crippen molar-refractivity contribution in [3.05, 3.63) is 41.3 Å². The van der Waals surface area contributed by atoms with Gasteiger partial charge < -0.3 is 10.5 Å². The molecule has 0 radical (unpaired) electrons. The Kier molecular flexibility index (Phi) is 3.76. The van der Waals surface area contributed by atoms with Crippen molar-refractivity contribution in [2.45, 2.75) is 37.7 Å². The standard InChI is InChI=1S/C16H19N3OS/c1-9(2)14-10(3)18-16(19-15(14)17)12-8-21-13-7-5-4-6-11(13)20-12/h4-7,9,12H,8H2,1-3H3,(H2,17,18,19). The highest BCUT2D eigenvalue weighted by atomic mass is 32.2. The summed E-state index contributed by atoms with van der Waals surface area (Å²) in [4.78, 5) is 10.3. The molecule has 0 saturated carbocycles. The van der Waals surface area contributed by atoms with Crippen molar-refractivity contribution in [1.29, 1.82) is 0 Å². The highest BCUT2D eigenvalue weighted by Gasteiger charge is 2.25. The third-order valence-electron chi connectivity index (χ3n) is 3.56. The monoisotopic (exact) mass is 301 g/mol. The van der Waals surface area contributed by atoms with Gasteiger partial charge in [-0.15, -0.1) is 11.8 Å².